The summed E-state index contributed by atoms with van der Waals surface area (Å²) < 4.78 is 0. The van der Waals surface area contributed by atoms with Gasteiger partial charge in [-0.25, -0.2) is 0 Å². The number of amides is 2. The number of unbranched alkanes of at least 4 members (excludes halogenated alkanes) is 1. The maximum absolute atomic E-state index is 11.6. The number of imide groups is 1. The predicted molar refractivity (Wildman–Crippen MR) is 72.5 cm³/mol. The van der Waals surface area contributed by atoms with Crippen LogP contribution in [0.4, 0.5) is 0 Å². The summed E-state index contributed by atoms with van der Waals surface area (Å²) in [5, 5.41) is 3.29. The molecule has 1 unspecified atom stereocenters. The van der Waals surface area contributed by atoms with E-state index in [1.807, 2.05) is 0 Å². The Balaban J connectivity index is 2.44. The topological polar surface area (TPSA) is 66.5 Å². The van der Waals surface area contributed by atoms with Gasteiger partial charge in [0.15, 0.2) is 5.78 Å². The van der Waals surface area contributed by atoms with Crippen LogP contribution in [-0.2, 0) is 14.4 Å². The van der Waals surface area contributed by atoms with Crippen LogP contribution < -0.4 is 5.32 Å². The first kappa shape index (κ1) is 15.6. The Bertz CT molecular complexity index is 370. The van der Waals surface area contributed by atoms with Gasteiger partial charge in [0.2, 0.25) is 0 Å². The Hall–Kier alpha value is -1.49. The highest BCUT2D eigenvalue weighted by Gasteiger charge is 2.33. The minimum atomic E-state index is -0.617. The molecule has 0 aliphatic carbocycles. The largest absolute Gasteiger partial charge is 0.315 e. The number of nitrogens with one attached hydrogen (secondary N) is 1. The number of nitrogens with zero attached hydrogens (tertiary/aromatic N) is 1. The van der Waals surface area contributed by atoms with Crippen LogP contribution in [0.25, 0.3) is 0 Å². The lowest BCUT2D eigenvalue weighted by atomic mass is 10.0. The van der Waals surface area contributed by atoms with Crippen molar-refractivity contribution in [3.8, 4) is 0 Å². The van der Waals surface area contributed by atoms with Crippen molar-refractivity contribution in [3.05, 3.63) is 12.2 Å². The van der Waals surface area contributed by atoms with Crippen LogP contribution in [0.5, 0.6) is 0 Å². The highest BCUT2D eigenvalue weighted by atomic mass is 16.2. The summed E-state index contributed by atoms with van der Waals surface area (Å²) in [6, 6.07) is -0.177. The number of hydrogen-bond donors (Lipinski definition) is 1. The standard InChI is InChI=1S/C14H22N2O3/c1-10(2)15-9-5-4-6-12(11(3)17)16-13(18)7-8-14(16)19/h7-8,10,12,15H,4-6,9H2,1-3H3. The zero-order valence-corrected chi connectivity index (χ0v) is 11.8. The molecule has 1 atom stereocenters. The summed E-state index contributed by atoms with van der Waals surface area (Å²) in [5.41, 5.74) is 0. The maximum Gasteiger partial charge on any atom is 0.254 e. The Morgan fingerprint density at radius 3 is 2.26 bits per heavy atom. The molecule has 5 nitrogen and oxygen atoms in total. The highest BCUT2D eigenvalue weighted by molar-refractivity contribution is 6.15. The summed E-state index contributed by atoms with van der Waals surface area (Å²) in [6.45, 7) is 6.45. The maximum atomic E-state index is 11.6. The third-order valence-corrected chi connectivity index (χ3v) is 3.08. The van der Waals surface area contributed by atoms with Crippen molar-refractivity contribution in [3.63, 3.8) is 0 Å². The van der Waals surface area contributed by atoms with Gasteiger partial charge in [-0.3, -0.25) is 19.3 Å². The van der Waals surface area contributed by atoms with Crippen molar-refractivity contribution in [2.45, 2.75) is 52.1 Å². The van der Waals surface area contributed by atoms with Crippen molar-refractivity contribution in [1.82, 2.24) is 10.2 Å². The van der Waals surface area contributed by atoms with Gasteiger partial charge in [-0.05, 0) is 32.7 Å². The van der Waals surface area contributed by atoms with Gasteiger partial charge in [-0.2, -0.15) is 0 Å². The summed E-state index contributed by atoms with van der Waals surface area (Å²) in [6.07, 6.45) is 4.71. The first-order valence-electron chi connectivity index (χ1n) is 6.72. The Labute approximate surface area is 114 Å². The molecule has 0 aromatic carbocycles. The van der Waals surface area contributed by atoms with E-state index in [1.54, 1.807) is 0 Å². The lowest BCUT2D eigenvalue weighted by molar-refractivity contribution is -0.144. The second-order valence-corrected chi connectivity index (χ2v) is 5.11. The number of rotatable bonds is 8. The quantitative estimate of drug-likeness (QED) is 0.526. The molecule has 1 N–H and O–H groups in total. The molecule has 0 radical (unpaired) electrons. The number of hydrogen-bond acceptors (Lipinski definition) is 4. The normalized spacial score (nSPS) is 16.5. The van der Waals surface area contributed by atoms with Crippen LogP contribution in [-0.4, -0.2) is 41.1 Å². The number of ketones is 1. The van der Waals surface area contributed by atoms with E-state index in [1.165, 1.54) is 19.1 Å². The van der Waals surface area contributed by atoms with Crippen LogP contribution in [0, 0.1) is 0 Å². The van der Waals surface area contributed by atoms with Gasteiger partial charge in [0.1, 0.15) is 0 Å². The molecule has 0 aromatic rings. The summed E-state index contributed by atoms with van der Waals surface area (Å²) in [4.78, 5) is 35.8. The molecule has 0 saturated carbocycles. The molecule has 0 bridgehead atoms. The average molecular weight is 266 g/mol. The molecule has 0 aromatic heterocycles. The molecule has 5 heteroatoms. The van der Waals surface area contributed by atoms with Gasteiger partial charge in [0, 0.05) is 18.2 Å². The van der Waals surface area contributed by atoms with Gasteiger partial charge in [-0.15, -0.1) is 0 Å². The van der Waals surface area contributed by atoms with Crippen LogP contribution in [0.3, 0.4) is 0 Å². The fourth-order valence-electron chi connectivity index (χ4n) is 2.09. The fourth-order valence-corrected chi connectivity index (χ4v) is 2.09. The number of Topliss-reactive ketones (excluding diaryl/α,β-unsaturated/α-hetero) is 1. The average Bonchev–Trinajstić information content (AvgIpc) is 2.64. The second-order valence-electron chi connectivity index (χ2n) is 5.11. The third kappa shape index (κ3) is 4.59. The molecule has 1 heterocycles. The molecule has 1 rings (SSSR count). The summed E-state index contributed by atoms with van der Waals surface area (Å²) >= 11 is 0. The second kappa shape index (κ2) is 7.19. The minimum Gasteiger partial charge on any atom is -0.315 e. The molecule has 0 fully saturated rings. The van der Waals surface area contributed by atoms with Gasteiger partial charge in [0.25, 0.3) is 11.8 Å². The summed E-state index contributed by atoms with van der Waals surface area (Å²) in [7, 11) is 0. The van der Waals surface area contributed by atoms with Crippen LogP contribution in [0.15, 0.2) is 12.2 Å². The molecule has 19 heavy (non-hydrogen) atoms. The van der Waals surface area contributed by atoms with Crippen molar-refractivity contribution in [1.29, 1.82) is 0 Å². The van der Waals surface area contributed by atoms with Crippen LogP contribution in [0.2, 0.25) is 0 Å². The van der Waals surface area contributed by atoms with Crippen molar-refractivity contribution >= 4 is 17.6 Å². The van der Waals surface area contributed by atoms with E-state index in [0.717, 1.165) is 24.3 Å². The zero-order chi connectivity index (χ0) is 14.4. The number of carbonyl (C=O) groups is 3. The van der Waals surface area contributed by atoms with Crippen molar-refractivity contribution in [2.24, 2.45) is 0 Å². The molecular formula is C14H22N2O3. The Kier molecular flexibility index (Phi) is 5.89. The molecular weight excluding hydrogens is 244 g/mol. The van der Waals surface area contributed by atoms with Crippen molar-refractivity contribution in [2.75, 3.05) is 6.54 Å². The van der Waals surface area contributed by atoms with Gasteiger partial charge in [-0.1, -0.05) is 13.8 Å². The Morgan fingerprint density at radius 1 is 1.21 bits per heavy atom. The molecule has 2 amide bonds. The van der Waals surface area contributed by atoms with Crippen LogP contribution in [0.1, 0.15) is 40.0 Å². The SMILES string of the molecule is CC(=O)C(CCCCNC(C)C)N1C(=O)C=CC1=O. The monoisotopic (exact) mass is 266 g/mol. The molecule has 0 saturated heterocycles. The van der Waals surface area contributed by atoms with E-state index in [-0.39, 0.29) is 17.6 Å². The van der Waals surface area contributed by atoms with E-state index in [2.05, 4.69) is 19.2 Å². The minimum absolute atomic E-state index is 0.137. The van der Waals surface area contributed by atoms with E-state index in [9.17, 15) is 14.4 Å². The molecule has 106 valence electrons. The highest BCUT2D eigenvalue weighted by Crippen LogP contribution is 2.15. The van der Waals surface area contributed by atoms with Crippen molar-refractivity contribution < 1.29 is 14.4 Å². The predicted octanol–water partition coefficient (Wildman–Crippen LogP) is 1.04. The van der Waals surface area contributed by atoms with Gasteiger partial charge < -0.3 is 5.32 Å². The zero-order valence-electron chi connectivity index (χ0n) is 11.8. The third-order valence-electron chi connectivity index (χ3n) is 3.08. The van der Waals surface area contributed by atoms with Gasteiger partial charge >= 0.3 is 0 Å². The number of carbonyl (C=O) groups excluding carboxylic acids is 3. The first-order chi connectivity index (χ1) is 8.93. The lowest BCUT2D eigenvalue weighted by Crippen LogP contribution is -2.44. The first-order valence-corrected chi connectivity index (χ1v) is 6.72. The fraction of sp³-hybridized carbons (Fsp3) is 0.643. The molecule has 1 aliphatic heterocycles. The van der Waals surface area contributed by atoms with E-state index in [0.29, 0.717) is 12.5 Å². The van der Waals surface area contributed by atoms with E-state index < -0.39 is 6.04 Å². The molecule has 0 spiro atoms. The van der Waals surface area contributed by atoms with E-state index in [4.69, 9.17) is 0 Å². The lowest BCUT2D eigenvalue weighted by Gasteiger charge is -2.23. The Morgan fingerprint density at radius 2 is 1.79 bits per heavy atom. The molecule has 1 aliphatic rings. The van der Waals surface area contributed by atoms with Gasteiger partial charge in [0.05, 0.1) is 6.04 Å². The smallest absolute Gasteiger partial charge is 0.254 e. The van der Waals surface area contributed by atoms with E-state index >= 15 is 0 Å². The van der Waals surface area contributed by atoms with Crippen LogP contribution >= 0.6 is 0 Å². The summed E-state index contributed by atoms with van der Waals surface area (Å²) in [5.74, 6) is -0.904.